The zero-order chi connectivity index (χ0) is 21.0. The first kappa shape index (κ1) is 35.1. The van der Waals surface area contributed by atoms with E-state index in [0.29, 0.717) is 13.1 Å². The number of nitrogens with two attached hydrogens (primary N) is 2. The number of likely N-dealkylation sites (N-methyl/N-ethyl adjacent to an activating group) is 2. The lowest BCUT2D eigenvalue weighted by molar-refractivity contribution is -0.902. The Morgan fingerprint density at radius 1 is 0.786 bits per heavy atom. The molecule has 0 amide bonds. The summed E-state index contributed by atoms with van der Waals surface area (Å²) in [5, 5.41) is 0. The predicted molar refractivity (Wildman–Crippen MR) is 95.1 cm³/mol. The van der Waals surface area contributed by atoms with Gasteiger partial charge in [-0.2, -0.15) is 8.78 Å². The molecule has 28 heavy (non-hydrogen) atoms. The quantitative estimate of drug-likeness (QED) is 0.161. The number of carbonyl (C=O) groups excluding carboxylic acids is 2. The Bertz CT molecular complexity index is 391. The highest BCUT2D eigenvalue weighted by molar-refractivity contribution is 5.75. The standard InChI is InChI=1S/2C8H18FN2O2.2BrH/c2*1-7(10)8(12)13-5-4-11(2,3)6-9;;/h2*7H,4-6,10H2,1-3H3;2*1H/q2*+1;;/p-2/t2*7-;;/m00../s1. The van der Waals surface area contributed by atoms with Gasteiger partial charge < -0.3 is 54.9 Å². The molecule has 4 N–H and O–H groups in total. The van der Waals surface area contributed by atoms with Crippen molar-refractivity contribution in [2.45, 2.75) is 25.9 Å². The van der Waals surface area contributed by atoms with Crippen LogP contribution >= 0.6 is 0 Å². The zero-order valence-corrected chi connectivity index (χ0v) is 20.8. The lowest BCUT2D eigenvalue weighted by Gasteiger charge is -2.25. The van der Waals surface area contributed by atoms with Gasteiger partial charge in [0.2, 0.25) is 13.6 Å². The van der Waals surface area contributed by atoms with E-state index in [9.17, 15) is 18.4 Å². The predicted octanol–water partition coefficient (Wildman–Crippen LogP) is -6.23. The zero-order valence-electron chi connectivity index (χ0n) is 17.6. The fourth-order valence-electron chi connectivity index (χ4n) is 1.17. The van der Waals surface area contributed by atoms with Gasteiger partial charge in [0.05, 0.1) is 28.2 Å². The molecule has 0 aromatic rings. The highest BCUT2D eigenvalue weighted by atomic mass is 79.9. The number of halogens is 4. The lowest BCUT2D eigenvalue weighted by atomic mass is 10.4. The topological polar surface area (TPSA) is 105 Å². The average molecular weight is 546 g/mol. The van der Waals surface area contributed by atoms with Crippen molar-refractivity contribution in [3.8, 4) is 0 Å². The van der Waals surface area contributed by atoms with E-state index >= 15 is 0 Å². The van der Waals surface area contributed by atoms with Crippen LogP contribution < -0.4 is 45.4 Å². The van der Waals surface area contributed by atoms with Crippen LogP contribution in [0.25, 0.3) is 0 Å². The number of hydrogen-bond donors (Lipinski definition) is 2. The van der Waals surface area contributed by atoms with Crippen LogP contribution in [0.1, 0.15) is 13.8 Å². The molecular formula is C16H36Br2F2N4O4. The molecule has 0 fully saturated rings. The first-order valence-corrected chi connectivity index (χ1v) is 8.38. The first-order valence-electron chi connectivity index (χ1n) is 8.38. The van der Waals surface area contributed by atoms with Crippen LogP contribution in [0, 0.1) is 0 Å². The molecule has 0 aromatic carbocycles. The van der Waals surface area contributed by atoms with Crippen molar-refractivity contribution < 1.29 is 70.8 Å². The number of hydrogen-bond acceptors (Lipinski definition) is 6. The van der Waals surface area contributed by atoms with Gasteiger partial charge in [-0.1, -0.05) is 0 Å². The van der Waals surface area contributed by atoms with Crippen LogP contribution in [0.15, 0.2) is 0 Å². The fourth-order valence-corrected chi connectivity index (χ4v) is 1.17. The minimum Gasteiger partial charge on any atom is -1.00 e. The Kier molecular flexibility index (Phi) is 21.9. The molecule has 0 rings (SSSR count). The van der Waals surface area contributed by atoms with E-state index in [4.69, 9.17) is 20.9 Å². The normalized spacial score (nSPS) is 12.9. The molecule has 0 unspecified atom stereocenters. The summed E-state index contributed by atoms with van der Waals surface area (Å²) in [6.45, 7) is 3.47. The maximum Gasteiger partial charge on any atom is 0.322 e. The Morgan fingerprint density at radius 2 is 1.04 bits per heavy atom. The minimum absolute atomic E-state index is 0. The molecule has 0 aliphatic heterocycles. The number of quaternary nitrogens is 2. The summed E-state index contributed by atoms with van der Waals surface area (Å²) in [7, 11) is 6.89. The van der Waals surface area contributed by atoms with Crippen LogP contribution in [0.5, 0.6) is 0 Å². The smallest absolute Gasteiger partial charge is 0.322 e. The average Bonchev–Trinajstić information content (AvgIpc) is 2.54. The highest BCUT2D eigenvalue weighted by Gasteiger charge is 2.17. The SMILES string of the molecule is C[C@H](N)C(=O)OCC[N+](C)(C)CF.C[C@H](N)C(=O)OCC[N+](C)(C)CF.[Br-].[Br-]. The molecule has 8 nitrogen and oxygen atoms in total. The maximum absolute atomic E-state index is 12.3. The summed E-state index contributed by atoms with van der Waals surface area (Å²) in [6, 6.07) is -1.22. The first-order chi connectivity index (χ1) is 11.8. The monoisotopic (exact) mass is 544 g/mol. The second-order valence-electron chi connectivity index (χ2n) is 7.47. The Morgan fingerprint density at radius 3 is 1.21 bits per heavy atom. The Hall–Kier alpha value is -0.400. The van der Waals surface area contributed by atoms with Gasteiger partial charge in [-0.3, -0.25) is 18.6 Å². The second-order valence-corrected chi connectivity index (χ2v) is 7.47. The van der Waals surface area contributed by atoms with Gasteiger partial charge in [-0.05, 0) is 13.8 Å². The van der Waals surface area contributed by atoms with E-state index in [2.05, 4.69) is 0 Å². The summed E-state index contributed by atoms with van der Waals surface area (Å²) >= 11 is 0. The van der Waals surface area contributed by atoms with Crippen molar-refractivity contribution in [2.24, 2.45) is 11.5 Å². The van der Waals surface area contributed by atoms with Crippen LogP contribution in [0.2, 0.25) is 0 Å². The molecule has 12 heteroatoms. The summed E-state index contributed by atoms with van der Waals surface area (Å²) in [4.78, 5) is 21.7. The number of alkyl halides is 2. The molecule has 0 aliphatic carbocycles. The molecule has 0 saturated heterocycles. The molecule has 172 valence electrons. The number of rotatable bonds is 10. The molecule has 0 aromatic heterocycles. The largest absolute Gasteiger partial charge is 1.00 e. The van der Waals surface area contributed by atoms with Gasteiger partial charge in [0.1, 0.15) is 38.4 Å². The van der Waals surface area contributed by atoms with Gasteiger partial charge in [-0.15, -0.1) is 0 Å². The van der Waals surface area contributed by atoms with Crippen molar-refractivity contribution >= 4 is 11.9 Å². The molecule has 0 bridgehead atoms. The van der Waals surface area contributed by atoms with Crippen molar-refractivity contribution in [1.82, 2.24) is 0 Å². The van der Waals surface area contributed by atoms with Gasteiger partial charge in [0.15, 0.2) is 0 Å². The third kappa shape index (κ3) is 20.3. The van der Waals surface area contributed by atoms with Crippen LogP contribution in [-0.2, 0) is 19.1 Å². The Balaban J connectivity index is -0.000000192. The van der Waals surface area contributed by atoms with Crippen LogP contribution in [0.4, 0.5) is 8.78 Å². The van der Waals surface area contributed by atoms with Crippen molar-refractivity contribution in [2.75, 3.05) is 68.1 Å². The highest BCUT2D eigenvalue weighted by Crippen LogP contribution is 1.97. The van der Waals surface area contributed by atoms with E-state index < -0.39 is 37.6 Å². The summed E-state index contributed by atoms with van der Waals surface area (Å²) in [5.41, 5.74) is 10.5. The van der Waals surface area contributed by atoms with Gasteiger partial charge in [-0.25, -0.2) is 0 Å². The van der Waals surface area contributed by atoms with Gasteiger partial charge in [0, 0.05) is 0 Å². The minimum atomic E-state index is -0.610. The van der Waals surface area contributed by atoms with E-state index in [0.717, 1.165) is 0 Å². The molecule has 0 aliphatic rings. The van der Waals surface area contributed by atoms with Crippen molar-refractivity contribution in [1.29, 1.82) is 0 Å². The number of carbonyl (C=O) groups is 2. The molecule has 0 spiro atoms. The summed E-state index contributed by atoms with van der Waals surface area (Å²) < 4.78 is 34.5. The third-order valence-corrected chi connectivity index (χ3v) is 3.27. The van der Waals surface area contributed by atoms with Crippen molar-refractivity contribution in [3.63, 3.8) is 0 Å². The molecule has 2 atom stereocenters. The van der Waals surface area contributed by atoms with Crippen molar-refractivity contribution in [3.05, 3.63) is 0 Å². The summed E-state index contributed by atoms with van der Waals surface area (Å²) in [5.74, 6) is -0.891. The second kappa shape index (κ2) is 17.5. The van der Waals surface area contributed by atoms with E-state index in [-0.39, 0.29) is 56.1 Å². The molecule has 0 saturated carbocycles. The van der Waals surface area contributed by atoms with E-state index in [1.807, 2.05) is 0 Å². The fraction of sp³-hybridized carbons (Fsp3) is 0.875. The van der Waals surface area contributed by atoms with E-state index in [1.165, 1.54) is 0 Å². The van der Waals surface area contributed by atoms with Crippen LogP contribution in [-0.4, -0.2) is 101 Å². The number of esters is 2. The van der Waals surface area contributed by atoms with Gasteiger partial charge >= 0.3 is 11.9 Å². The Labute approximate surface area is 188 Å². The maximum atomic E-state index is 12.3. The molecular weight excluding hydrogens is 510 g/mol. The molecule has 0 heterocycles. The van der Waals surface area contributed by atoms with Crippen LogP contribution in [0.3, 0.4) is 0 Å². The summed E-state index contributed by atoms with van der Waals surface area (Å²) in [6.07, 6.45) is 0. The number of nitrogens with zero attached hydrogens (tertiary/aromatic N) is 2. The molecule has 0 radical (unpaired) electrons. The number of ether oxygens (including phenoxy) is 2. The van der Waals surface area contributed by atoms with E-state index in [1.54, 1.807) is 42.0 Å². The third-order valence-electron chi connectivity index (χ3n) is 3.27. The van der Waals surface area contributed by atoms with Gasteiger partial charge in [0.25, 0.3) is 0 Å². The lowest BCUT2D eigenvalue weighted by Crippen LogP contribution is -3.00.